The van der Waals surface area contributed by atoms with Crippen molar-refractivity contribution in [1.29, 1.82) is 0 Å². The van der Waals surface area contributed by atoms with Crippen molar-refractivity contribution < 1.29 is 9.47 Å². The average Bonchev–Trinajstić information content (AvgIpc) is 3.43. The fourth-order valence-electron chi connectivity index (χ4n) is 5.53. The van der Waals surface area contributed by atoms with Crippen molar-refractivity contribution in [3.63, 3.8) is 0 Å². The van der Waals surface area contributed by atoms with Crippen LogP contribution in [0.4, 0.5) is 5.69 Å². The fourth-order valence-corrected chi connectivity index (χ4v) is 5.53. The summed E-state index contributed by atoms with van der Waals surface area (Å²) in [4.78, 5) is 7.57. The number of aromatic nitrogens is 1. The van der Waals surface area contributed by atoms with Gasteiger partial charge in [-0.15, -0.1) is 0 Å². The minimum absolute atomic E-state index is 0.465. The third-order valence-electron chi connectivity index (χ3n) is 7.32. The van der Waals surface area contributed by atoms with E-state index in [0.29, 0.717) is 12.6 Å². The van der Waals surface area contributed by atoms with Crippen LogP contribution in [-0.2, 0) is 24.2 Å². The molecule has 0 spiro atoms. The second-order valence-electron chi connectivity index (χ2n) is 9.59. The molecular weight excluding hydrogens is 400 g/mol. The van der Waals surface area contributed by atoms with Gasteiger partial charge in [0.2, 0.25) is 0 Å². The van der Waals surface area contributed by atoms with Crippen LogP contribution >= 0.6 is 0 Å². The van der Waals surface area contributed by atoms with Gasteiger partial charge >= 0.3 is 0 Å². The molecule has 0 amide bonds. The van der Waals surface area contributed by atoms with Gasteiger partial charge in [-0.05, 0) is 82.3 Å². The Balaban J connectivity index is 1.39. The van der Waals surface area contributed by atoms with Crippen molar-refractivity contribution >= 4 is 16.6 Å². The highest BCUT2D eigenvalue weighted by Crippen LogP contribution is 2.38. The molecule has 32 heavy (non-hydrogen) atoms. The van der Waals surface area contributed by atoms with Crippen LogP contribution in [-0.4, -0.2) is 62.4 Å². The zero-order chi connectivity index (χ0) is 21.8. The summed E-state index contributed by atoms with van der Waals surface area (Å²) in [6, 6.07) is 4.85. The summed E-state index contributed by atoms with van der Waals surface area (Å²) in [5, 5.41) is 8.70. The van der Waals surface area contributed by atoms with Crippen molar-refractivity contribution in [2.24, 2.45) is 0 Å². The third kappa shape index (κ3) is 4.87. The summed E-state index contributed by atoms with van der Waals surface area (Å²) in [5.41, 5.74) is 6.13. The van der Waals surface area contributed by atoms with Crippen LogP contribution in [0.5, 0.6) is 5.75 Å². The molecule has 3 heterocycles. The summed E-state index contributed by atoms with van der Waals surface area (Å²) in [5.74, 6) is 0.903. The first kappa shape index (κ1) is 21.9. The minimum Gasteiger partial charge on any atom is -0.496 e. The molecular formula is C26H38N4O2. The number of fused-ring (bicyclic) bond motifs is 2. The average molecular weight is 439 g/mol. The van der Waals surface area contributed by atoms with E-state index < -0.39 is 0 Å². The zero-order valence-electron chi connectivity index (χ0n) is 19.5. The van der Waals surface area contributed by atoms with Gasteiger partial charge in [-0.3, -0.25) is 4.98 Å². The number of nitrogens with zero attached hydrogens (tertiary/aromatic N) is 2. The molecule has 0 bridgehead atoms. The number of ether oxygens (including phenoxy) is 2. The number of methoxy groups -OCH3 is 1. The van der Waals surface area contributed by atoms with Crippen LogP contribution in [0.2, 0.25) is 0 Å². The maximum atomic E-state index is 6.06. The van der Waals surface area contributed by atoms with E-state index in [-0.39, 0.29) is 0 Å². The van der Waals surface area contributed by atoms with E-state index in [0.717, 1.165) is 55.9 Å². The lowest BCUT2D eigenvalue weighted by atomic mass is 10.0. The van der Waals surface area contributed by atoms with Crippen molar-refractivity contribution in [3.8, 4) is 5.75 Å². The predicted octanol–water partition coefficient (Wildman–Crippen LogP) is 3.90. The van der Waals surface area contributed by atoms with Crippen LogP contribution in [0.1, 0.15) is 55.3 Å². The smallest absolute Gasteiger partial charge is 0.125 e. The first-order valence-electron chi connectivity index (χ1n) is 12.6. The molecule has 6 heteroatoms. The van der Waals surface area contributed by atoms with Crippen LogP contribution < -0.4 is 15.4 Å². The van der Waals surface area contributed by atoms with Gasteiger partial charge in [-0.1, -0.05) is 6.42 Å². The number of benzene rings is 1. The number of hydrogen-bond acceptors (Lipinski definition) is 6. The van der Waals surface area contributed by atoms with Gasteiger partial charge in [0.1, 0.15) is 5.75 Å². The molecule has 1 aromatic carbocycles. The van der Waals surface area contributed by atoms with Gasteiger partial charge in [0.15, 0.2) is 0 Å². The Morgan fingerprint density at radius 3 is 2.91 bits per heavy atom. The fraction of sp³-hybridized carbons (Fsp3) is 0.654. The second-order valence-corrected chi connectivity index (χ2v) is 9.59. The maximum absolute atomic E-state index is 6.06. The Morgan fingerprint density at radius 2 is 2.03 bits per heavy atom. The molecule has 2 N–H and O–H groups in total. The van der Waals surface area contributed by atoms with Crippen molar-refractivity contribution in [2.45, 2.75) is 64.0 Å². The van der Waals surface area contributed by atoms with E-state index in [4.69, 9.17) is 14.5 Å². The van der Waals surface area contributed by atoms with Crippen molar-refractivity contribution in [1.82, 2.24) is 15.2 Å². The van der Waals surface area contributed by atoms with Gasteiger partial charge in [0, 0.05) is 41.5 Å². The first-order valence-corrected chi connectivity index (χ1v) is 12.6. The lowest BCUT2D eigenvalue weighted by molar-refractivity contribution is 0.0979. The largest absolute Gasteiger partial charge is 0.496 e. The SMILES string of the molecule is COc1cc2c(N[C@H]3CCCCNC3)c3c(nc2cc1COCCN1CCCC1)CCC3. The number of anilines is 1. The lowest BCUT2D eigenvalue weighted by Crippen LogP contribution is -2.31. The number of hydrogen-bond donors (Lipinski definition) is 2. The molecule has 6 nitrogen and oxygen atoms in total. The molecule has 5 rings (SSSR count). The monoisotopic (exact) mass is 438 g/mol. The van der Waals surface area contributed by atoms with Crippen LogP contribution in [0.3, 0.4) is 0 Å². The molecule has 0 unspecified atom stereocenters. The topological polar surface area (TPSA) is 58.6 Å². The van der Waals surface area contributed by atoms with Crippen LogP contribution in [0.25, 0.3) is 10.9 Å². The van der Waals surface area contributed by atoms with E-state index >= 15 is 0 Å². The molecule has 1 aliphatic carbocycles. The van der Waals surface area contributed by atoms with E-state index in [1.165, 1.54) is 73.9 Å². The standard InChI is InChI=1S/C26H38N4O2/c1-31-25-16-22-24(15-19(25)18-32-14-13-30-11-4-5-12-30)29-23-9-6-8-21(23)26(22)28-20-7-2-3-10-27-17-20/h15-16,20,27H,2-14,17-18H2,1H3,(H,28,29)/t20-/m0/s1. The van der Waals surface area contributed by atoms with Gasteiger partial charge in [0.05, 0.1) is 25.8 Å². The van der Waals surface area contributed by atoms with E-state index in [1.54, 1.807) is 7.11 Å². The van der Waals surface area contributed by atoms with E-state index in [9.17, 15) is 0 Å². The Bertz CT molecular complexity index is 918. The molecule has 2 saturated heterocycles. The number of nitrogens with one attached hydrogen (secondary N) is 2. The van der Waals surface area contributed by atoms with Crippen LogP contribution in [0.15, 0.2) is 12.1 Å². The quantitative estimate of drug-likeness (QED) is 0.610. The normalized spacial score (nSPS) is 21.6. The Hall–Kier alpha value is -1.89. The van der Waals surface area contributed by atoms with Crippen molar-refractivity contribution in [2.75, 3.05) is 51.8 Å². The van der Waals surface area contributed by atoms with Gasteiger partial charge in [0.25, 0.3) is 0 Å². The lowest BCUT2D eigenvalue weighted by Gasteiger charge is -2.22. The van der Waals surface area contributed by atoms with E-state index in [2.05, 4.69) is 27.7 Å². The molecule has 2 fully saturated rings. The Labute approximate surface area is 192 Å². The number of likely N-dealkylation sites (tertiary alicyclic amines) is 1. The summed E-state index contributed by atoms with van der Waals surface area (Å²) >= 11 is 0. The number of rotatable bonds is 8. The zero-order valence-corrected chi connectivity index (χ0v) is 19.5. The summed E-state index contributed by atoms with van der Waals surface area (Å²) in [7, 11) is 1.76. The highest BCUT2D eigenvalue weighted by Gasteiger charge is 2.23. The molecule has 3 aliphatic rings. The molecule has 0 radical (unpaired) electrons. The Kier molecular flexibility index (Phi) is 7.10. The Morgan fingerprint density at radius 1 is 1.12 bits per heavy atom. The van der Waals surface area contributed by atoms with Crippen LogP contribution in [0, 0.1) is 0 Å². The van der Waals surface area contributed by atoms with Gasteiger partial charge < -0.3 is 25.0 Å². The summed E-state index contributed by atoms with van der Waals surface area (Å²) < 4.78 is 11.9. The molecule has 2 aliphatic heterocycles. The number of pyridine rings is 1. The number of aryl methyl sites for hydroxylation is 1. The van der Waals surface area contributed by atoms with Crippen molar-refractivity contribution in [3.05, 3.63) is 29.0 Å². The second kappa shape index (κ2) is 10.4. The highest BCUT2D eigenvalue weighted by atomic mass is 16.5. The minimum atomic E-state index is 0.465. The molecule has 0 saturated carbocycles. The summed E-state index contributed by atoms with van der Waals surface area (Å²) in [6.45, 7) is 6.93. The molecule has 2 aromatic rings. The molecule has 1 atom stereocenters. The molecule has 1 aromatic heterocycles. The third-order valence-corrected chi connectivity index (χ3v) is 7.32. The predicted molar refractivity (Wildman–Crippen MR) is 130 cm³/mol. The van der Waals surface area contributed by atoms with Gasteiger partial charge in [-0.25, -0.2) is 0 Å². The summed E-state index contributed by atoms with van der Waals surface area (Å²) in [6.07, 6.45) is 9.79. The van der Waals surface area contributed by atoms with E-state index in [1.807, 2.05) is 0 Å². The first-order chi connectivity index (χ1) is 15.8. The molecule has 174 valence electrons. The maximum Gasteiger partial charge on any atom is 0.125 e. The highest BCUT2D eigenvalue weighted by molar-refractivity contribution is 5.95. The van der Waals surface area contributed by atoms with Gasteiger partial charge in [-0.2, -0.15) is 0 Å².